The lowest BCUT2D eigenvalue weighted by Crippen LogP contribution is -2.54. The molecule has 4 aromatic rings. The number of nitrogens with zero attached hydrogens (tertiary/aromatic N) is 7. The SMILES string of the molecule is C/N=C\C(=C/C(C)(C)N1CCOCC1)C(=O)N1CCC1Cn1nc(-c2ccc(Oc3ccccc3)cc2F)c2c(N)ncnc21. The van der Waals surface area contributed by atoms with E-state index in [1.54, 1.807) is 42.2 Å². The largest absolute Gasteiger partial charge is 0.457 e. The number of morpholine rings is 1. The van der Waals surface area contributed by atoms with E-state index in [4.69, 9.17) is 20.3 Å². The molecule has 2 aliphatic heterocycles. The fourth-order valence-corrected chi connectivity index (χ4v) is 5.89. The lowest BCUT2D eigenvalue weighted by Gasteiger charge is -2.42. The van der Waals surface area contributed by atoms with Crippen LogP contribution in [0, 0.1) is 5.82 Å². The number of para-hydroxylation sites is 1. The van der Waals surface area contributed by atoms with Crippen molar-refractivity contribution in [3.05, 3.63) is 72.3 Å². The molecule has 2 N–H and O–H groups in total. The summed E-state index contributed by atoms with van der Waals surface area (Å²) in [4.78, 5) is 30.7. The summed E-state index contributed by atoms with van der Waals surface area (Å²) < 4.78 is 28.6. The minimum absolute atomic E-state index is 0.0935. The van der Waals surface area contributed by atoms with Crippen LogP contribution < -0.4 is 10.5 Å². The molecule has 0 bridgehead atoms. The molecule has 1 unspecified atom stereocenters. The van der Waals surface area contributed by atoms with Crippen molar-refractivity contribution in [2.24, 2.45) is 4.99 Å². The molecule has 0 aliphatic carbocycles. The molecule has 11 nitrogen and oxygen atoms in total. The van der Waals surface area contributed by atoms with Gasteiger partial charge in [-0.25, -0.2) is 19.0 Å². The Morgan fingerprint density at radius 1 is 1.13 bits per heavy atom. The van der Waals surface area contributed by atoms with Gasteiger partial charge in [0.2, 0.25) is 0 Å². The molecule has 2 aromatic carbocycles. The zero-order valence-electron chi connectivity index (χ0n) is 25.7. The average molecular weight is 613 g/mol. The number of fused-ring (bicyclic) bond motifs is 1. The summed E-state index contributed by atoms with van der Waals surface area (Å²) in [5.74, 6) is 0.542. The van der Waals surface area contributed by atoms with Gasteiger partial charge < -0.3 is 20.1 Å². The minimum Gasteiger partial charge on any atom is -0.457 e. The predicted octanol–water partition coefficient (Wildman–Crippen LogP) is 4.35. The number of halogens is 1. The molecule has 0 saturated carbocycles. The third-order valence-corrected chi connectivity index (χ3v) is 8.37. The van der Waals surface area contributed by atoms with E-state index < -0.39 is 5.82 Å². The van der Waals surface area contributed by atoms with Crippen molar-refractivity contribution < 1.29 is 18.7 Å². The van der Waals surface area contributed by atoms with E-state index in [1.165, 1.54) is 12.4 Å². The molecule has 1 amide bonds. The number of nitrogen functional groups attached to an aromatic ring is 1. The third-order valence-electron chi connectivity index (χ3n) is 8.37. The van der Waals surface area contributed by atoms with E-state index >= 15 is 4.39 Å². The van der Waals surface area contributed by atoms with Gasteiger partial charge in [-0.3, -0.25) is 14.7 Å². The van der Waals surface area contributed by atoms with Gasteiger partial charge in [-0.2, -0.15) is 5.10 Å². The minimum atomic E-state index is -0.518. The predicted molar refractivity (Wildman–Crippen MR) is 171 cm³/mol. The summed E-state index contributed by atoms with van der Waals surface area (Å²) in [5.41, 5.74) is 7.51. The second kappa shape index (κ2) is 12.7. The van der Waals surface area contributed by atoms with E-state index in [9.17, 15) is 4.79 Å². The number of anilines is 1. The molecular weight excluding hydrogens is 575 g/mol. The number of hydrogen-bond donors (Lipinski definition) is 1. The smallest absolute Gasteiger partial charge is 0.255 e. The highest BCUT2D eigenvalue weighted by Gasteiger charge is 2.36. The van der Waals surface area contributed by atoms with E-state index in [2.05, 4.69) is 33.7 Å². The van der Waals surface area contributed by atoms with Crippen LogP contribution in [0.15, 0.2) is 71.5 Å². The molecule has 234 valence electrons. The van der Waals surface area contributed by atoms with Crippen LogP contribution >= 0.6 is 0 Å². The summed E-state index contributed by atoms with van der Waals surface area (Å²) in [6.45, 7) is 8.09. The van der Waals surface area contributed by atoms with Gasteiger partial charge in [0.15, 0.2) is 5.65 Å². The molecule has 45 heavy (non-hydrogen) atoms. The van der Waals surface area contributed by atoms with Gasteiger partial charge in [0.1, 0.15) is 35.2 Å². The molecule has 12 heteroatoms. The Hall–Kier alpha value is -4.68. The first-order valence-corrected chi connectivity index (χ1v) is 15.0. The zero-order chi connectivity index (χ0) is 31.6. The molecule has 2 fully saturated rings. The van der Waals surface area contributed by atoms with Crippen molar-refractivity contribution in [2.45, 2.75) is 38.4 Å². The zero-order valence-corrected chi connectivity index (χ0v) is 25.7. The first kappa shape index (κ1) is 30.4. The van der Waals surface area contributed by atoms with Crippen molar-refractivity contribution in [3.8, 4) is 22.8 Å². The van der Waals surface area contributed by atoms with Crippen LogP contribution in [0.5, 0.6) is 11.5 Å². The van der Waals surface area contributed by atoms with Crippen molar-refractivity contribution in [2.75, 3.05) is 45.6 Å². The molecule has 4 heterocycles. The normalized spacial score (nSPS) is 18.0. The summed E-state index contributed by atoms with van der Waals surface area (Å²) in [6, 6.07) is 13.6. The van der Waals surface area contributed by atoms with Gasteiger partial charge >= 0.3 is 0 Å². The molecular formula is C33H37FN8O3. The highest BCUT2D eigenvalue weighted by Crippen LogP contribution is 2.35. The van der Waals surface area contributed by atoms with Crippen molar-refractivity contribution in [1.29, 1.82) is 0 Å². The van der Waals surface area contributed by atoms with Crippen LogP contribution in [-0.2, 0) is 16.1 Å². The number of aliphatic imine (C=N–C) groups is 1. The van der Waals surface area contributed by atoms with E-state index in [0.717, 1.165) is 19.5 Å². The fraction of sp³-hybridized carbons (Fsp3) is 0.364. The second-order valence-corrected chi connectivity index (χ2v) is 11.7. The summed E-state index contributed by atoms with van der Waals surface area (Å²) in [6.07, 6.45) is 5.77. The molecule has 1 atom stereocenters. The van der Waals surface area contributed by atoms with Gasteiger partial charge in [-0.15, -0.1) is 0 Å². The summed E-state index contributed by atoms with van der Waals surface area (Å²) in [7, 11) is 1.66. The molecule has 0 radical (unpaired) electrons. The number of hydrogen-bond acceptors (Lipinski definition) is 9. The van der Waals surface area contributed by atoms with Gasteiger partial charge in [-0.05, 0) is 44.5 Å². The van der Waals surface area contributed by atoms with E-state index in [1.807, 2.05) is 29.2 Å². The number of ether oxygens (including phenoxy) is 2. The highest BCUT2D eigenvalue weighted by molar-refractivity contribution is 6.12. The van der Waals surface area contributed by atoms with Crippen LogP contribution in [0.2, 0.25) is 0 Å². The molecule has 2 saturated heterocycles. The third kappa shape index (κ3) is 6.29. The number of amides is 1. The van der Waals surface area contributed by atoms with Crippen LogP contribution in [-0.4, -0.2) is 93.1 Å². The lowest BCUT2D eigenvalue weighted by atomic mass is 9.95. The Balaban J connectivity index is 1.26. The van der Waals surface area contributed by atoms with Crippen LogP contribution in [0.3, 0.4) is 0 Å². The van der Waals surface area contributed by atoms with Crippen LogP contribution in [0.25, 0.3) is 22.3 Å². The number of aromatic nitrogens is 4. The summed E-state index contributed by atoms with van der Waals surface area (Å²) in [5, 5.41) is 5.22. The van der Waals surface area contributed by atoms with Crippen molar-refractivity contribution >= 4 is 29.0 Å². The molecule has 2 aromatic heterocycles. The van der Waals surface area contributed by atoms with E-state index in [0.29, 0.717) is 60.1 Å². The highest BCUT2D eigenvalue weighted by atomic mass is 19.1. The van der Waals surface area contributed by atoms with Crippen molar-refractivity contribution in [1.82, 2.24) is 29.5 Å². The molecule has 2 aliphatic rings. The van der Waals surface area contributed by atoms with Gasteiger partial charge in [0.05, 0.1) is 36.8 Å². The Morgan fingerprint density at radius 3 is 2.60 bits per heavy atom. The number of carbonyl (C=O) groups is 1. The number of carbonyl (C=O) groups excluding carboxylic acids is 1. The Bertz CT molecular complexity index is 1750. The maximum atomic E-state index is 15.6. The van der Waals surface area contributed by atoms with Gasteiger partial charge in [0.25, 0.3) is 5.91 Å². The lowest BCUT2D eigenvalue weighted by molar-refractivity contribution is -0.134. The quantitative estimate of drug-likeness (QED) is 0.219. The summed E-state index contributed by atoms with van der Waals surface area (Å²) >= 11 is 0. The van der Waals surface area contributed by atoms with Crippen molar-refractivity contribution in [3.63, 3.8) is 0 Å². The van der Waals surface area contributed by atoms with E-state index in [-0.39, 0.29) is 28.9 Å². The number of likely N-dealkylation sites (tertiary alicyclic amines) is 1. The Morgan fingerprint density at radius 2 is 1.91 bits per heavy atom. The van der Waals surface area contributed by atoms with Crippen LogP contribution in [0.4, 0.5) is 10.2 Å². The Labute approximate surface area is 261 Å². The fourth-order valence-electron chi connectivity index (χ4n) is 5.89. The first-order valence-electron chi connectivity index (χ1n) is 15.0. The number of benzene rings is 2. The maximum absolute atomic E-state index is 15.6. The number of rotatable bonds is 9. The molecule has 6 rings (SSSR count). The van der Waals surface area contributed by atoms with Crippen LogP contribution in [0.1, 0.15) is 20.3 Å². The standard InChI is InChI=1S/C33H37FN8O3/c1-33(2,40-13-15-44-16-14-40)18-22(19-36-3)32(43)41-12-11-23(41)20-42-31-28(30(35)37-21-38-31)29(39-42)26-10-9-25(17-27(26)34)45-24-7-5-4-6-8-24/h4-10,17-19,21,23H,11-16,20H2,1-3H3,(H2,35,37,38)/b22-18+,36-19-. The maximum Gasteiger partial charge on any atom is 0.255 e. The van der Waals surface area contributed by atoms with Gasteiger partial charge in [0, 0.05) is 50.1 Å². The Kier molecular flexibility index (Phi) is 8.59. The second-order valence-electron chi connectivity index (χ2n) is 11.7. The monoisotopic (exact) mass is 612 g/mol. The number of nitrogens with two attached hydrogens (primary N) is 1. The first-order chi connectivity index (χ1) is 21.7. The van der Waals surface area contributed by atoms with Gasteiger partial charge in [-0.1, -0.05) is 24.3 Å². The molecule has 0 spiro atoms. The topological polar surface area (TPSA) is 124 Å². The average Bonchev–Trinajstić information content (AvgIpc) is 3.39.